The van der Waals surface area contributed by atoms with Gasteiger partial charge in [0.15, 0.2) is 0 Å². The van der Waals surface area contributed by atoms with Crippen LogP contribution >= 0.6 is 22.7 Å². The number of carbonyl (C=O) groups is 2. The average Bonchev–Trinajstić information content (AvgIpc) is 3.19. The van der Waals surface area contributed by atoms with Gasteiger partial charge in [-0.1, -0.05) is 0 Å². The number of nitrogens with one attached hydrogen (secondary N) is 1. The number of carbonyl (C=O) groups excluding carboxylic acids is 2. The van der Waals surface area contributed by atoms with Gasteiger partial charge in [-0.05, 0) is 24.3 Å². The molecule has 0 aromatic carbocycles. The summed E-state index contributed by atoms with van der Waals surface area (Å²) in [6.45, 7) is 1.83. The van der Waals surface area contributed by atoms with Crippen molar-refractivity contribution >= 4 is 34.5 Å². The highest BCUT2D eigenvalue weighted by molar-refractivity contribution is 7.14. The van der Waals surface area contributed by atoms with Gasteiger partial charge in [0, 0.05) is 35.5 Å². The second kappa shape index (κ2) is 7.20. The van der Waals surface area contributed by atoms with Gasteiger partial charge in [-0.25, -0.2) is 4.98 Å². The molecule has 0 spiro atoms. The standard InChI is InChI=1S/C15H18N4O2S2/c16-13(20)7-19-4-1-11(2-5-19)17-14(21)12-9-23-15(18-12)10-3-6-22-8-10/h3,6,8-9,11H,1-2,4-5,7H2,(H2,16,20)(H,17,21). The van der Waals surface area contributed by atoms with Crippen LogP contribution in [-0.2, 0) is 4.79 Å². The molecule has 1 saturated heterocycles. The fraction of sp³-hybridized carbons (Fsp3) is 0.400. The molecular weight excluding hydrogens is 332 g/mol. The first-order chi connectivity index (χ1) is 11.1. The summed E-state index contributed by atoms with van der Waals surface area (Å²) in [4.78, 5) is 29.6. The number of thiophene rings is 1. The Kier molecular flexibility index (Phi) is 5.04. The number of rotatable bonds is 5. The van der Waals surface area contributed by atoms with Gasteiger partial charge >= 0.3 is 0 Å². The largest absolute Gasteiger partial charge is 0.369 e. The first-order valence-electron chi connectivity index (χ1n) is 7.41. The van der Waals surface area contributed by atoms with Crippen LogP contribution in [0.3, 0.4) is 0 Å². The normalized spacial score (nSPS) is 16.3. The second-order valence-corrected chi connectivity index (χ2v) is 7.18. The van der Waals surface area contributed by atoms with Gasteiger partial charge in [-0.2, -0.15) is 11.3 Å². The quantitative estimate of drug-likeness (QED) is 0.856. The molecule has 0 unspecified atom stereocenters. The van der Waals surface area contributed by atoms with Crippen molar-refractivity contribution in [1.29, 1.82) is 0 Å². The van der Waals surface area contributed by atoms with E-state index in [9.17, 15) is 9.59 Å². The van der Waals surface area contributed by atoms with Crippen LogP contribution in [0.4, 0.5) is 0 Å². The lowest BCUT2D eigenvalue weighted by Gasteiger charge is -2.31. The second-order valence-electron chi connectivity index (χ2n) is 5.54. The molecule has 1 fully saturated rings. The highest BCUT2D eigenvalue weighted by Gasteiger charge is 2.22. The Labute approximate surface area is 142 Å². The summed E-state index contributed by atoms with van der Waals surface area (Å²) >= 11 is 3.09. The van der Waals surface area contributed by atoms with E-state index in [1.54, 1.807) is 16.7 Å². The predicted molar refractivity (Wildman–Crippen MR) is 91.5 cm³/mol. The van der Waals surface area contributed by atoms with Crippen LogP contribution in [0.15, 0.2) is 22.2 Å². The molecule has 0 saturated carbocycles. The van der Waals surface area contributed by atoms with E-state index >= 15 is 0 Å². The molecule has 1 aliphatic heterocycles. The number of piperidine rings is 1. The first-order valence-corrected chi connectivity index (χ1v) is 9.23. The van der Waals surface area contributed by atoms with Crippen LogP contribution < -0.4 is 11.1 Å². The Hall–Kier alpha value is -1.77. The minimum atomic E-state index is -0.309. The van der Waals surface area contributed by atoms with Crippen molar-refractivity contribution in [2.45, 2.75) is 18.9 Å². The number of amides is 2. The van der Waals surface area contributed by atoms with E-state index in [1.165, 1.54) is 11.3 Å². The molecule has 3 rings (SSSR count). The van der Waals surface area contributed by atoms with E-state index < -0.39 is 0 Å². The van der Waals surface area contributed by atoms with Crippen molar-refractivity contribution in [3.8, 4) is 10.6 Å². The molecule has 2 aromatic rings. The number of nitrogens with zero attached hydrogens (tertiary/aromatic N) is 2. The van der Waals surface area contributed by atoms with Crippen molar-refractivity contribution in [3.63, 3.8) is 0 Å². The lowest BCUT2D eigenvalue weighted by molar-refractivity contribution is -0.119. The summed E-state index contributed by atoms with van der Waals surface area (Å²) < 4.78 is 0. The zero-order valence-electron chi connectivity index (χ0n) is 12.5. The van der Waals surface area contributed by atoms with E-state index in [0.29, 0.717) is 5.69 Å². The maximum Gasteiger partial charge on any atom is 0.270 e. The predicted octanol–water partition coefficient (Wildman–Crippen LogP) is 1.55. The monoisotopic (exact) mass is 350 g/mol. The molecule has 8 heteroatoms. The molecule has 6 nitrogen and oxygen atoms in total. The molecule has 3 N–H and O–H groups in total. The van der Waals surface area contributed by atoms with Gasteiger partial charge in [0.05, 0.1) is 6.54 Å². The third-order valence-electron chi connectivity index (χ3n) is 3.81. The molecule has 2 aromatic heterocycles. The zero-order valence-corrected chi connectivity index (χ0v) is 14.2. The third kappa shape index (κ3) is 4.15. The minimum Gasteiger partial charge on any atom is -0.369 e. The molecule has 0 radical (unpaired) electrons. The first kappa shape index (κ1) is 16.1. The molecule has 3 heterocycles. The molecule has 122 valence electrons. The molecule has 23 heavy (non-hydrogen) atoms. The Morgan fingerprint density at radius 3 is 2.78 bits per heavy atom. The van der Waals surface area contributed by atoms with Gasteiger partial charge in [0.25, 0.3) is 5.91 Å². The maximum atomic E-state index is 12.3. The van der Waals surface area contributed by atoms with Crippen molar-refractivity contribution < 1.29 is 9.59 Å². The number of likely N-dealkylation sites (tertiary alicyclic amines) is 1. The van der Waals surface area contributed by atoms with Gasteiger partial charge in [0.1, 0.15) is 10.7 Å². The average molecular weight is 350 g/mol. The summed E-state index contributed by atoms with van der Waals surface area (Å²) in [5.41, 5.74) is 6.72. The van der Waals surface area contributed by atoms with Gasteiger partial charge < -0.3 is 11.1 Å². The summed E-state index contributed by atoms with van der Waals surface area (Å²) in [5.74, 6) is -0.438. The molecule has 0 aliphatic carbocycles. The Morgan fingerprint density at radius 1 is 1.35 bits per heavy atom. The van der Waals surface area contributed by atoms with E-state index in [2.05, 4.69) is 10.3 Å². The Morgan fingerprint density at radius 2 is 2.13 bits per heavy atom. The number of aromatic nitrogens is 1. The molecule has 0 atom stereocenters. The summed E-state index contributed by atoms with van der Waals surface area (Å²) in [5, 5.41) is 9.72. The lowest BCUT2D eigenvalue weighted by atomic mass is 10.0. The Bertz CT molecular complexity index is 675. The van der Waals surface area contributed by atoms with Gasteiger partial charge in [-0.3, -0.25) is 14.5 Å². The van der Waals surface area contributed by atoms with E-state index in [-0.39, 0.29) is 24.4 Å². The highest BCUT2D eigenvalue weighted by atomic mass is 32.1. The van der Waals surface area contributed by atoms with Gasteiger partial charge in [-0.15, -0.1) is 11.3 Å². The lowest BCUT2D eigenvalue weighted by Crippen LogP contribution is -2.46. The molecule has 0 bridgehead atoms. The summed E-state index contributed by atoms with van der Waals surface area (Å²) in [6, 6.07) is 2.12. The van der Waals surface area contributed by atoms with Crippen molar-refractivity contribution in [3.05, 3.63) is 27.9 Å². The highest BCUT2D eigenvalue weighted by Crippen LogP contribution is 2.25. The fourth-order valence-electron chi connectivity index (χ4n) is 2.61. The van der Waals surface area contributed by atoms with Crippen LogP contribution in [0.1, 0.15) is 23.3 Å². The number of thiazole rings is 1. The van der Waals surface area contributed by atoms with E-state index in [1.807, 2.05) is 21.7 Å². The van der Waals surface area contributed by atoms with E-state index in [4.69, 9.17) is 5.73 Å². The minimum absolute atomic E-state index is 0.123. The number of nitrogens with two attached hydrogens (primary N) is 1. The molecule has 1 aliphatic rings. The summed E-state index contributed by atoms with van der Waals surface area (Å²) in [7, 11) is 0. The van der Waals surface area contributed by atoms with E-state index in [0.717, 1.165) is 36.5 Å². The molecular formula is C15H18N4O2S2. The van der Waals surface area contributed by atoms with Crippen molar-refractivity contribution in [2.75, 3.05) is 19.6 Å². The van der Waals surface area contributed by atoms with Crippen LogP contribution in [-0.4, -0.2) is 47.4 Å². The van der Waals surface area contributed by atoms with Crippen LogP contribution in [0.25, 0.3) is 10.6 Å². The van der Waals surface area contributed by atoms with Crippen LogP contribution in [0, 0.1) is 0 Å². The molecule has 2 amide bonds. The summed E-state index contributed by atoms with van der Waals surface area (Å²) in [6.07, 6.45) is 1.64. The maximum absolute atomic E-state index is 12.3. The van der Waals surface area contributed by atoms with Crippen molar-refractivity contribution in [1.82, 2.24) is 15.2 Å². The zero-order chi connectivity index (χ0) is 16.2. The smallest absolute Gasteiger partial charge is 0.270 e. The SMILES string of the molecule is NC(=O)CN1CCC(NC(=O)c2csc(-c3ccsc3)n2)CC1. The number of hydrogen-bond donors (Lipinski definition) is 2. The fourth-order valence-corrected chi connectivity index (χ4v) is 4.12. The Balaban J connectivity index is 1.53. The van der Waals surface area contributed by atoms with Gasteiger partial charge in [0.2, 0.25) is 5.91 Å². The third-order valence-corrected chi connectivity index (χ3v) is 5.38. The van der Waals surface area contributed by atoms with Crippen LogP contribution in [0.5, 0.6) is 0 Å². The topological polar surface area (TPSA) is 88.3 Å². The van der Waals surface area contributed by atoms with Crippen molar-refractivity contribution in [2.24, 2.45) is 5.73 Å². The number of primary amides is 1. The van der Waals surface area contributed by atoms with Crippen LogP contribution in [0.2, 0.25) is 0 Å². The number of hydrogen-bond acceptors (Lipinski definition) is 6.